The highest BCUT2D eigenvalue weighted by Crippen LogP contribution is 2.51. The van der Waals surface area contributed by atoms with E-state index in [4.69, 9.17) is 9.26 Å². The summed E-state index contributed by atoms with van der Waals surface area (Å²) in [6, 6.07) is 1.54. The third-order valence-corrected chi connectivity index (χ3v) is 4.79. The zero-order valence-electron chi connectivity index (χ0n) is 14.2. The van der Waals surface area contributed by atoms with Crippen molar-refractivity contribution in [3.8, 4) is 0 Å². The van der Waals surface area contributed by atoms with Crippen LogP contribution in [0.5, 0.6) is 0 Å². The van der Waals surface area contributed by atoms with Gasteiger partial charge in [-0.15, -0.1) is 0 Å². The molecular weight excluding hydrogens is 300 g/mol. The zero-order valence-corrected chi connectivity index (χ0v) is 14.2. The lowest BCUT2D eigenvalue weighted by Crippen LogP contribution is -2.76. The lowest BCUT2D eigenvalue weighted by Gasteiger charge is -2.58. The molecule has 0 spiro atoms. The van der Waals surface area contributed by atoms with Gasteiger partial charge in [0.05, 0.1) is 6.10 Å². The number of carboxylic acid groups (broad SMARTS) is 1. The Morgan fingerprint density at radius 3 is 2.61 bits per heavy atom. The first-order valence-electron chi connectivity index (χ1n) is 7.79. The predicted molar refractivity (Wildman–Crippen MR) is 82.2 cm³/mol. The summed E-state index contributed by atoms with van der Waals surface area (Å²) < 4.78 is 10.7. The van der Waals surface area contributed by atoms with Crippen LogP contribution in [0, 0.1) is 5.41 Å². The minimum Gasteiger partial charge on any atom is -0.479 e. The van der Waals surface area contributed by atoms with E-state index in [-0.39, 0.29) is 24.1 Å². The fraction of sp³-hybridized carbons (Fsp3) is 0.688. The van der Waals surface area contributed by atoms with Crippen LogP contribution in [0.25, 0.3) is 0 Å². The molecule has 0 radical (unpaired) electrons. The van der Waals surface area contributed by atoms with Crippen molar-refractivity contribution in [1.82, 2.24) is 10.5 Å². The number of carbonyl (C=O) groups excluding carboxylic acids is 1. The Bertz CT molecular complexity index is 607. The molecular formula is C16H24N2O5. The van der Waals surface area contributed by atoms with Gasteiger partial charge in [0.1, 0.15) is 11.3 Å². The molecule has 1 heterocycles. The number of ether oxygens (including phenoxy) is 1. The molecule has 2 rings (SSSR count). The third-order valence-electron chi connectivity index (χ3n) is 4.79. The van der Waals surface area contributed by atoms with E-state index >= 15 is 0 Å². The van der Waals surface area contributed by atoms with Gasteiger partial charge in [0, 0.05) is 30.4 Å². The molecule has 1 fully saturated rings. The van der Waals surface area contributed by atoms with Gasteiger partial charge >= 0.3 is 5.97 Å². The molecule has 23 heavy (non-hydrogen) atoms. The molecule has 0 saturated heterocycles. The van der Waals surface area contributed by atoms with Crippen molar-refractivity contribution in [2.45, 2.75) is 58.6 Å². The molecule has 7 heteroatoms. The highest BCUT2D eigenvalue weighted by molar-refractivity contribution is 5.97. The first-order chi connectivity index (χ1) is 10.7. The summed E-state index contributed by atoms with van der Waals surface area (Å²) >= 11 is 0. The molecule has 1 aliphatic carbocycles. The summed E-state index contributed by atoms with van der Waals surface area (Å²) in [4.78, 5) is 24.2. The second kappa shape index (κ2) is 5.96. The number of carbonyl (C=O) groups is 2. The van der Waals surface area contributed by atoms with Crippen molar-refractivity contribution >= 4 is 11.9 Å². The largest absolute Gasteiger partial charge is 0.479 e. The van der Waals surface area contributed by atoms with Gasteiger partial charge in [-0.25, -0.2) is 4.79 Å². The van der Waals surface area contributed by atoms with Crippen LogP contribution in [-0.2, 0) is 9.53 Å². The number of nitrogens with zero attached hydrogens (tertiary/aromatic N) is 1. The maximum absolute atomic E-state index is 12.4. The van der Waals surface area contributed by atoms with E-state index in [1.54, 1.807) is 19.9 Å². The average molecular weight is 324 g/mol. The number of carboxylic acids is 1. The van der Waals surface area contributed by atoms with Crippen LogP contribution in [0.1, 0.15) is 63.2 Å². The van der Waals surface area contributed by atoms with Crippen LogP contribution in [0.15, 0.2) is 10.6 Å². The van der Waals surface area contributed by atoms with Crippen LogP contribution >= 0.6 is 0 Å². The summed E-state index contributed by atoms with van der Waals surface area (Å²) in [5, 5.41) is 16.0. The van der Waals surface area contributed by atoms with Gasteiger partial charge in [-0.2, -0.15) is 0 Å². The second-order valence-electron chi connectivity index (χ2n) is 6.80. The molecule has 2 N–H and O–H groups in total. The Morgan fingerprint density at radius 1 is 1.52 bits per heavy atom. The van der Waals surface area contributed by atoms with Gasteiger partial charge in [-0.3, -0.25) is 4.79 Å². The van der Waals surface area contributed by atoms with E-state index in [2.05, 4.69) is 10.5 Å². The molecule has 2 atom stereocenters. The van der Waals surface area contributed by atoms with Gasteiger partial charge in [0.2, 0.25) is 0 Å². The summed E-state index contributed by atoms with van der Waals surface area (Å²) in [7, 11) is 0. The topological polar surface area (TPSA) is 102 Å². The quantitative estimate of drug-likeness (QED) is 0.831. The number of amides is 1. The van der Waals surface area contributed by atoms with E-state index in [9.17, 15) is 14.7 Å². The minimum atomic E-state index is -1.37. The fourth-order valence-corrected chi connectivity index (χ4v) is 2.96. The molecule has 1 aromatic heterocycles. The number of rotatable bonds is 6. The molecule has 128 valence electrons. The molecule has 0 unspecified atom stereocenters. The lowest BCUT2D eigenvalue weighted by atomic mass is 9.54. The Balaban J connectivity index is 2.20. The third kappa shape index (κ3) is 2.73. The van der Waals surface area contributed by atoms with Crippen LogP contribution in [0.4, 0.5) is 0 Å². The van der Waals surface area contributed by atoms with Gasteiger partial charge < -0.3 is 19.7 Å². The molecule has 7 nitrogen and oxygen atoms in total. The van der Waals surface area contributed by atoms with E-state index < -0.39 is 22.8 Å². The van der Waals surface area contributed by atoms with Crippen LogP contribution < -0.4 is 5.32 Å². The minimum absolute atomic E-state index is 0.0879. The number of hydrogen-bond donors (Lipinski definition) is 2. The molecule has 0 bridgehead atoms. The van der Waals surface area contributed by atoms with Crippen LogP contribution in [0.3, 0.4) is 0 Å². The number of aliphatic carboxylic acids is 1. The van der Waals surface area contributed by atoms with Crippen LogP contribution in [0.2, 0.25) is 0 Å². The van der Waals surface area contributed by atoms with Gasteiger partial charge in [0.15, 0.2) is 5.69 Å². The Morgan fingerprint density at radius 2 is 2.17 bits per heavy atom. The predicted octanol–water partition coefficient (Wildman–Crippen LogP) is 2.19. The molecule has 0 aliphatic heterocycles. The van der Waals surface area contributed by atoms with Crippen molar-refractivity contribution in [3.63, 3.8) is 0 Å². The molecule has 0 aromatic carbocycles. The highest BCUT2D eigenvalue weighted by Gasteiger charge is 2.66. The maximum atomic E-state index is 12.4. The van der Waals surface area contributed by atoms with Gasteiger partial charge in [0.25, 0.3) is 5.91 Å². The molecule has 1 aromatic rings. The second-order valence-corrected chi connectivity index (χ2v) is 6.80. The van der Waals surface area contributed by atoms with E-state index in [1.165, 1.54) is 0 Å². The average Bonchev–Trinajstić information content (AvgIpc) is 2.95. The monoisotopic (exact) mass is 324 g/mol. The normalized spacial score (nSPS) is 25.9. The van der Waals surface area contributed by atoms with Crippen molar-refractivity contribution < 1.29 is 24.0 Å². The number of hydrogen-bond acceptors (Lipinski definition) is 5. The van der Waals surface area contributed by atoms with E-state index in [1.807, 2.05) is 20.8 Å². The van der Waals surface area contributed by atoms with Crippen LogP contribution in [-0.4, -0.2) is 40.4 Å². The first kappa shape index (κ1) is 17.5. The Kier molecular flexibility index (Phi) is 4.52. The Labute approximate surface area is 135 Å². The van der Waals surface area contributed by atoms with Gasteiger partial charge in [-0.05, 0) is 6.92 Å². The molecule has 1 aliphatic rings. The summed E-state index contributed by atoms with van der Waals surface area (Å²) in [5.41, 5.74) is -2.01. The molecule has 1 amide bonds. The van der Waals surface area contributed by atoms with Crippen molar-refractivity contribution in [1.29, 1.82) is 0 Å². The van der Waals surface area contributed by atoms with Crippen molar-refractivity contribution in [2.24, 2.45) is 5.41 Å². The highest BCUT2D eigenvalue weighted by atomic mass is 16.5. The van der Waals surface area contributed by atoms with Crippen molar-refractivity contribution in [2.75, 3.05) is 6.61 Å². The SMILES string of the molecule is CCO[C@@H]1C[C@](NC(=O)c2cc(C(C)C)on2)(C(=O)O)C1(C)C. The van der Waals surface area contributed by atoms with Gasteiger partial charge in [-0.1, -0.05) is 32.9 Å². The number of aromatic nitrogens is 1. The lowest BCUT2D eigenvalue weighted by molar-refractivity contribution is -0.190. The van der Waals surface area contributed by atoms with E-state index in [0.717, 1.165) is 0 Å². The van der Waals surface area contributed by atoms with Crippen molar-refractivity contribution in [3.05, 3.63) is 17.5 Å². The maximum Gasteiger partial charge on any atom is 0.330 e. The summed E-state index contributed by atoms with van der Waals surface area (Å²) in [5.74, 6) is -0.940. The fourth-order valence-electron chi connectivity index (χ4n) is 2.96. The van der Waals surface area contributed by atoms with E-state index in [0.29, 0.717) is 12.4 Å². The molecule has 1 saturated carbocycles. The standard InChI is InChI=1S/C16H24N2O5/c1-6-22-12-8-16(14(20)21,15(12,4)5)17-13(19)10-7-11(9(2)3)23-18-10/h7,9,12H,6,8H2,1-5H3,(H,17,19)(H,20,21)/t12-,16+/m1/s1. The number of nitrogens with one attached hydrogen (secondary N) is 1. The first-order valence-corrected chi connectivity index (χ1v) is 7.79. The summed E-state index contributed by atoms with van der Waals surface area (Å²) in [6.07, 6.45) is 0.0107. The Hall–Kier alpha value is -1.89. The summed E-state index contributed by atoms with van der Waals surface area (Å²) in [6.45, 7) is 9.77. The smallest absolute Gasteiger partial charge is 0.330 e. The zero-order chi connectivity index (χ0) is 17.4.